The highest BCUT2D eigenvalue weighted by molar-refractivity contribution is 5.93. The Kier molecular flexibility index (Phi) is 4.12. The van der Waals surface area contributed by atoms with Gasteiger partial charge in [-0.1, -0.05) is 18.2 Å². The number of nitrogens with zero attached hydrogens (tertiary/aromatic N) is 3. The molecule has 1 aromatic heterocycles. The molecule has 5 heterocycles. The predicted octanol–water partition coefficient (Wildman–Crippen LogP) is 1.08. The van der Waals surface area contributed by atoms with E-state index in [1.165, 1.54) is 0 Å². The fourth-order valence-electron chi connectivity index (χ4n) is 5.45. The second kappa shape index (κ2) is 6.37. The molecule has 4 atom stereocenters. The molecule has 4 aliphatic rings. The van der Waals surface area contributed by atoms with Crippen molar-refractivity contribution in [1.29, 1.82) is 0 Å². The van der Waals surface area contributed by atoms with Crippen molar-refractivity contribution in [2.24, 2.45) is 11.8 Å². The van der Waals surface area contributed by atoms with Crippen molar-refractivity contribution in [3.8, 4) is 0 Å². The number of fused-ring (bicyclic) bond motifs is 1. The molecule has 4 aliphatic heterocycles. The lowest BCUT2D eigenvalue weighted by Gasteiger charge is -2.39. The van der Waals surface area contributed by atoms with E-state index in [1.807, 2.05) is 49.1 Å². The molecule has 0 saturated carbocycles. The molecule has 2 bridgehead atoms. The molecule has 1 aromatic rings. The number of amides is 2. The van der Waals surface area contributed by atoms with E-state index in [1.54, 1.807) is 11.1 Å². The number of hydrogen-bond acceptors (Lipinski definition) is 5. The summed E-state index contributed by atoms with van der Waals surface area (Å²) in [5, 5.41) is 11.0. The van der Waals surface area contributed by atoms with Crippen molar-refractivity contribution >= 4 is 11.8 Å². The molecule has 2 amide bonds. The molecular weight excluding hydrogens is 370 g/mol. The van der Waals surface area contributed by atoms with E-state index in [2.05, 4.69) is 4.98 Å². The van der Waals surface area contributed by atoms with Gasteiger partial charge in [-0.05, 0) is 38.8 Å². The number of rotatable bonds is 3. The van der Waals surface area contributed by atoms with Crippen molar-refractivity contribution < 1.29 is 19.4 Å². The molecule has 29 heavy (non-hydrogen) atoms. The molecule has 3 saturated heterocycles. The molecule has 5 rings (SSSR count). The second-order valence-corrected chi connectivity index (χ2v) is 9.03. The van der Waals surface area contributed by atoms with Gasteiger partial charge in [0.2, 0.25) is 11.8 Å². The minimum atomic E-state index is -1.01. The van der Waals surface area contributed by atoms with Crippen LogP contribution in [-0.4, -0.2) is 69.1 Å². The Labute approximate surface area is 170 Å². The Morgan fingerprint density at radius 2 is 2.07 bits per heavy atom. The number of ether oxygens (including phenoxy) is 1. The van der Waals surface area contributed by atoms with E-state index in [0.717, 1.165) is 0 Å². The van der Waals surface area contributed by atoms with E-state index >= 15 is 0 Å². The van der Waals surface area contributed by atoms with Gasteiger partial charge in [-0.2, -0.15) is 0 Å². The molecular formula is C22H27N3O4. The minimum absolute atomic E-state index is 0.0206. The monoisotopic (exact) mass is 397 g/mol. The van der Waals surface area contributed by atoms with Crippen LogP contribution in [0.2, 0.25) is 0 Å². The Morgan fingerprint density at radius 3 is 2.72 bits per heavy atom. The van der Waals surface area contributed by atoms with Crippen LogP contribution >= 0.6 is 0 Å². The lowest BCUT2D eigenvalue weighted by molar-refractivity contribution is -0.147. The second-order valence-electron chi connectivity index (χ2n) is 9.03. The first-order chi connectivity index (χ1) is 13.8. The maximum absolute atomic E-state index is 13.4. The van der Waals surface area contributed by atoms with Gasteiger partial charge in [-0.15, -0.1) is 0 Å². The molecule has 0 aromatic carbocycles. The smallest absolute Gasteiger partial charge is 0.230 e. The van der Waals surface area contributed by atoms with Crippen LogP contribution in [-0.2, 0) is 19.9 Å². The molecule has 1 spiro atoms. The summed E-state index contributed by atoms with van der Waals surface area (Å²) in [6, 6.07) is 5.59. The summed E-state index contributed by atoms with van der Waals surface area (Å²) in [5.41, 5.74) is -1.02. The van der Waals surface area contributed by atoms with Gasteiger partial charge < -0.3 is 19.6 Å². The van der Waals surface area contributed by atoms with Crippen LogP contribution in [0.1, 0.15) is 32.4 Å². The van der Waals surface area contributed by atoms with Gasteiger partial charge in [0, 0.05) is 25.3 Å². The quantitative estimate of drug-likeness (QED) is 0.772. The van der Waals surface area contributed by atoms with Crippen LogP contribution in [0.25, 0.3) is 0 Å². The van der Waals surface area contributed by atoms with Crippen LogP contribution in [0.15, 0.2) is 36.5 Å². The lowest BCUT2D eigenvalue weighted by Crippen LogP contribution is -2.51. The third-order valence-electron chi connectivity index (χ3n) is 7.08. The number of aliphatic hydroxyl groups is 1. The molecule has 0 radical (unpaired) electrons. The summed E-state index contributed by atoms with van der Waals surface area (Å²) < 4.78 is 6.19. The van der Waals surface area contributed by atoms with Crippen molar-refractivity contribution in [2.75, 3.05) is 19.6 Å². The average molecular weight is 397 g/mol. The zero-order chi connectivity index (χ0) is 20.4. The van der Waals surface area contributed by atoms with Gasteiger partial charge >= 0.3 is 0 Å². The van der Waals surface area contributed by atoms with Gasteiger partial charge in [0.15, 0.2) is 0 Å². The van der Waals surface area contributed by atoms with Crippen LogP contribution in [0.4, 0.5) is 0 Å². The summed E-state index contributed by atoms with van der Waals surface area (Å²) in [6.45, 7) is 5.39. The van der Waals surface area contributed by atoms with Crippen molar-refractivity contribution in [3.63, 3.8) is 0 Å². The molecule has 0 unspecified atom stereocenters. The first kappa shape index (κ1) is 18.8. The molecule has 0 aliphatic carbocycles. The third-order valence-corrected chi connectivity index (χ3v) is 7.08. The lowest BCUT2D eigenvalue weighted by atomic mass is 9.76. The van der Waals surface area contributed by atoms with Crippen molar-refractivity contribution in [3.05, 3.63) is 42.2 Å². The SMILES string of the molecule is CC(C)N1C[C@]23C=C[C@H](O2)[C@H](C(=O)N2CCC(O)(c4ccccn4)CC2)[C@@H]3C1=O. The molecule has 3 fully saturated rings. The van der Waals surface area contributed by atoms with Gasteiger partial charge in [0.25, 0.3) is 0 Å². The zero-order valence-electron chi connectivity index (χ0n) is 16.8. The number of carbonyl (C=O) groups excluding carboxylic acids is 2. The first-order valence-corrected chi connectivity index (χ1v) is 10.4. The number of hydrogen-bond donors (Lipinski definition) is 1. The van der Waals surface area contributed by atoms with E-state index in [-0.39, 0.29) is 24.0 Å². The number of aromatic nitrogens is 1. The fraction of sp³-hybridized carbons (Fsp3) is 0.591. The van der Waals surface area contributed by atoms with Crippen LogP contribution in [0, 0.1) is 11.8 Å². The fourth-order valence-corrected chi connectivity index (χ4v) is 5.45. The highest BCUT2D eigenvalue weighted by Crippen LogP contribution is 2.53. The van der Waals surface area contributed by atoms with Gasteiger partial charge in [0.1, 0.15) is 11.2 Å². The summed E-state index contributed by atoms with van der Waals surface area (Å²) in [6.07, 6.45) is 6.15. The number of piperidine rings is 1. The Hall–Kier alpha value is -2.25. The van der Waals surface area contributed by atoms with Crippen LogP contribution < -0.4 is 0 Å². The number of likely N-dealkylation sites (tertiary alicyclic amines) is 2. The van der Waals surface area contributed by atoms with Gasteiger partial charge in [-0.25, -0.2) is 0 Å². The Bertz CT molecular complexity index is 862. The van der Waals surface area contributed by atoms with E-state index in [4.69, 9.17) is 4.74 Å². The zero-order valence-corrected chi connectivity index (χ0v) is 16.8. The molecule has 7 heteroatoms. The average Bonchev–Trinajstić information content (AvgIpc) is 3.37. The summed E-state index contributed by atoms with van der Waals surface area (Å²) >= 11 is 0. The van der Waals surface area contributed by atoms with Crippen molar-refractivity contribution in [2.45, 2.75) is 50.0 Å². The highest BCUT2D eigenvalue weighted by atomic mass is 16.5. The largest absolute Gasteiger partial charge is 0.383 e. The Balaban J connectivity index is 1.33. The van der Waals surface area contributed by atoms with E-state index in [9.17, 15) is 14.7 Å². The molecule has 1 N–H and O–H groups in total. The summed E-state index contributed by atoms with van der Waals surface area (Å²) in [5.74, 6) is -0.929. The number of pyridine rings is 1. The topological polar surface area (TPSA) is 83.0 Å². The number of carbonyl (C=O) groups is 2. The summed E-state index contributed by atoms with van der Waals surface area (Å²) in [7, 11) is 0. The highest BCUT2D eigenvalue weighted by Gasteiger charge is 2.67. The Morgan fingerprint density at radius 1 is 1.31 bits per heavy atom. The minimum Gasteiger partial charge on any atom is -0.383 e. The predicted molar refractivity (Wildman–Crippen MR) is 105 cm³/mol. The maximum Gasteiger partial charge on any atom is 0.230 e. The van der Waals surface area contributed by atoms with E-state index < -0.39 is 23.0 Å². The molecule has 7 nitrogen and oxygen atoms in total. The summed E-state index contributed by atoms with van der Waals surface area (Å²) in [4.78, 5) is 34.4. The van der Waals surface area contributed by atoms with Gasteiger partial charge in [-0.3, -0.25) is 14.6 Å². The van der Waals surface area contributed by atoms with Crippen LogP contribution in [0.3, 0.4) is 0 Å². The van der Waals surface area contributed by atoms with Gasteiger partial charge in [0.05, 0.1) is 30.2 Å². The first-order valence-electron chi connectivity index (χ1n) is 10.4. The van der Waals surface area contributed by atoms with Crippen LogP contribution in [0.5, 0.6) is 0 Å². The maximum atomic E-state index is 13.4. The standard InChI is InChI=1S/C22H27N3O4/c1-14(2)25-13-22-7-6-15(29-22)17(18(22)20(25)27)19(26)24-11-8-21(28,9-12-24)16-5-3-4-10-23-16/h3-7,10,14-15,17-18,28H,8-9,11-13H2,1-2H3/t15-,17-,18+,22-/m0/s1. The third kappa shape index (κ3) is 2.67. The normalized spacial score (nSPS) is 34.9. The molecule has 154 valence electrons. The van der Waals surface area contributed by atoms with Crippen molar-refractivity contribution in [1.82, 2.24) is 14.8 Å². The van der Waals surface area contributed by atoms with E-state index in [0.29, 0.717) is 38.2 Å².